The minimum Gasteiger partial charge on any atom is -0.387 e. The number of cyclic esters (lactones) is 4. The predicted molar refractivity (Wildman–Crippen MR) is 77.4 cm³/mol. The number of carbonyl (C=O) groups excluding carboxylic acids is 4. The van der Waals surface area contributed by atoms with E-state index >= 15 is 0 Å². The maximum Gasteiger partial charge on any atom is 0.342 e. The zero-order valence-electron chi connectivity index (χ0n) is 12.6. The van der Waals surface area contributed by atoms with Crippen LogP contribution in [0.2, 0.25) is 0 Å². The number of ether oxygens (including phenoxy) is 2. The summed E-state index contributed by atoms with van der Waals surface area (Å²) in [6, 6.07) is 0. The Kier molecular flexibility index (Phi) is 7.81. The van der Waals surface area contributed by atoms with Gasteiger partial charge in [-0.05, 0) is 12.8 Å². The lowest BCUT2D eigenvalue weighted by molar-refractivity contribution is -0.152. The minimum absolute atomic E-state index is 0.450. The third-order valence-electron chi connectivity index (χ3n) is 3.10. The fraction of sp³-hybridized carbons (Fsp3) is 0.500. The molecule has 2 rings (SSSR count). The average Bonchev–Trinajstić information content (AvgIpc) is 2.99. The first-order chi connectivity index (χ1) is 10.5. The van der Waals surface area contributed by atoms with Crippen LogP contribution < -0.4 is 0 Å². The van der Waals surface area contributed by atoms with Crippen molar-refractivity contribution in [2.24, 2.45) is 0 Å². The predicted octanol–water partition coefficient (Wildman–Crippen LogP) is 2.37. The fourth-order valence-corrected chi connectivity index (χ4v) is 1.96. The van der Waals surface area contributed by atoms with Crippen LogP contribution in [-0.2, 0) is 28.7 Å². The maximum atomic E-state index is 11.0. The van der Waals surface area contributed by atoms with Gasteiger partial charge < -0.3 is 9.47 Å². The van der Waals surface area contributed by atoms with Crippen LogP contribution in [0.5, 0.6) is 0 Å². The lowest BCUT2D eigenvalue weighted by Gasteiger charge is -2.00. The molecule has 0 radical (unpaired) electrons. The summed E-state index contributed by atoms with van der Waals surface area (Å²) in [5.74, 6) is -2.12. The smallest absolute Gasteiger partial charge is 0.342 e. The van der Waals surface area contributed by atoms with Crippen LogP contribution in [0, 0.1) is 0 Å². The summed E-state index contributed by atoms with van der Waals surface area (Å²) in [5.41, 5.74) is 0.537. The van der Waals surface area contributed by atoms with Crippen LogP contribution >= 0.6 is 0 Å². The molecule has 2 heterocycles. The number of rotatable bonds is 7. The summed E-state index contributed by atoms with van der Waals surface area (Å²) >= 11 is 0. The topological polar surface area (TPSA) is 86.7 Å². The molecule has 0 saturated carbocycles. The highest BCUT2D eigenvalue weighted by Crippen LogP contribution is 2.16. The summed E-state index contributed by atoms with van der Waals surface area (Å²) in [7, 11) is 0. The molecule has 6 nitrogen and oxygen atoms in total. The monoisotopic (exact) mass is 308 g/mol. The SMILES string of the molecule is CCCCCCCCC1=CC(=O)OC1=O.O=C1C=CC(=O)O1. The summed E-state index contributed by atoms with van der Waals surface area (Å²) in [4.78, 5) is 41.6. The van der Waals surface area contributed by atoms with Gasteiger partial charge >= 0.3 is 23.9 Å². The van der Waals surface area contributed by atoms with Crippen molar-refractivity contribution in [1.29, 1.82) is 0 Å². The van der Waals surface area contributed by atoms with Gasteiger partial charge in [-0.25, -0.2) is 19.2 Å². The first-order valence-electron chi connectivity index (χ1n) is 7.43. The van der Waals surface area contributed by atoms with Crippen LogP contribution in [0.25, 0.3) is 0 Å². The molecule has 0 N–H and O–H groups in total. The molecule has 0 aliphatic carbocycles. The number of unbranched alkanes of at least 4 members (excludes halogenated alkanes) is 5. The molecule has 0 aromatic heterocycles. The molecule has 0 aromatic carbocycles. The average molecular weight is 308 g/mol. The van der Waals surface area contributed by atoms with Gasteiger partial charge in [0, 0.05) is 23.8 Å². The zero-order valence-corrected chi connectivity index (χ0v) is 12.6. The Morgan fingerprint density at radius 3 is 1.82 bits per heavy atom. The van der Waals surface area contributed by atoms with Gasteiger partial charge in [-0.2, -0.15) is 0 Å². The van der Waals surface area contributed by atoms with E-state index in [1.54, 1.807) is 0 Å². The Morgan fingerprint density at radius 2 is 1.36 bits per heavy atom. The molecule has 22 heavy (non-hydrogen) atoms. The second-order valence-corrected chi connectivity index (χ2v) is 4.97. The lowest BCUT2D eigenvalue weighted by Crippen LogP contribution is -2.01. The summed E-state index contributed by atoms with van der Waals surface area (Å²) < 4.78 is 8.37. The van der Waals surface area contributed by atoms with E-state index < -0.39 is 23.9 Å². The third kappa shape index (κ3) is 6.97. The molecule has 2 aliphatic rings. The molecule has 0 spiro atoms. The van der Waals surface area contributed by atoms with Crippen molar-refractivity contribution in [3.05, 3.63) is 23.8 Å². The Balaban J connectivity index is 0.000000287. The standard InChI is InChI=1S/C12H18O3.C4H2O3/c1-2-3-4-5-6-7-8-10-9-11(13)15-12(10)14;5-3-1-2-4(6)7-3/h9H,2-8H2,1H3;1-2H. The molecule has 120 valence electrons. The van der Waals surface area contributed by atoms with E-state index in [0.29, 0.717) is 12.0 Å². The van der Waals surface area contributed by atoms with Gasteiger partial charge in [0.25, 0.3) is 0 Å². The Labute approximate surface area is 129 Å². The molecule has 6 heteroatoms. The highest BCUT2D eigenvalue weighted by molar-refractivity contribution is 6.08. The Hall–Kier alpha value is -2.24. The second kappa shape index (κ2) is 9.65. The molecule has 0 unspecified atom stereocenters. The molecule has 0 atom stereocenters. The van der Waals surface area contributed by atoms with Crippen molar-refractivity contribution < 1.29 is 28.7 Å². The van der Waals surface area contributed by atoms with Crippen molar-refractivity contribution in [2.75, 3.05) is 0 Å². The van der Waals surface area contributed by atoms with Gasteiger partial charge in [0.15, 0.2) is 0 Å². The van der Waals surface area contributed by atoms with Crippen LogP contribution in [0.3, 0.4) is 0 Å². The van der Waals surface area contributed by atoms with Gasteiger partial charge in [-0.1, -0.05) is 39.0 Å². The molecule has 0 amide bonds. The van der Waals surface area contributed by atoms with Gasteiger partial charge in [-0.3, -0.25) is 0 Å². The van der Waals surface area contributed by atoms with Crippen LogP contribution in [0.4, 0.5) is 0 Å². The quantitative estimate of drug-likeness (QED) is 0.408. The van der Waals surface area contributed by atoms with Gasteiger partial charge in [-0.15, -0.1) is 0 Å². The van der Waals surface area contributed by atoms with Gasteiger partial charge in [0.1, 0.15) is 0 Å². The van der Waals surface area contributed by atoms with E-state index in [1.807, 2.05) is 0 Å². The largest absolute Gasteiger partial charge is 0.387 e. The highest BCUT2D eigenvalue weighted by atomic mass is 16.6. The van der Waals surface area contributed by atoms with Crippen LogP contribution in [0.1, 0.15) is 51.9 Å². The van der Waals surface area contributed by atoms with E-state index in [0.717, 1.165) is 25.0 Å². The first kappa shape index (κ1) is 17.8. The summed E-state index contributed by atoms with van der Waals surface area (Å²) in [6.45, 7) is 2.19. The zero-order chi connectivity index (χ0) is 16.4. The molecular weight excluding hydrogens is 288 g/mol. The van der Waals surface area contributed by atoms with Crippen molar-refractivity contribution in [1.82, 2.24) is 0 Å². The third-order valence-corrected chi connectivity index (χ3v) is 3.10. The van der Waals surface area contributed by atoms with E-state index in [-0.39, 0.29) is 0 Å². The minimum atomic E-state index is -0.579. The van der Waals surface area contributed by atoms with E-state index in [2.05, 4.69) is 16.4 Å². The molecular formula is C16H20O6. The fourth-order valence-electron chi connectivity index (χ4n) is 1.96. The number of hydrogen-bond acceptors (Lipinski definition) is 6. The number of carbonyl (C=O) groups is 4. The van der Waals surface area contributed by atoms with E-state index in [1.165, 1.54) is 31.8 Å². The van der Waals surface area contributed by atoms with Gasteiger partial charge in [0.2, 0.25) is 0 Å². The first-order valence-corrected chi connectivity index (χ1v) is 7.43. The van der Waals surface area contributed by atoms with Crippen molar-refractivity contribution in [2.45, 2.75) is 51.9 Å². The number of hydrogen-bond donors (Lipinski definition) is 0. The van der Waals surface area contributed by atoms with Crippen molar-refractivity contribution in [3.8, 4) is 0 Å². The second-order valence-electron chi connectivity index (χ2n) is 4.97. The van der Waals surface area contributed by atoms with Crippen molar-refractivity contribution >= 4 is 23.9 Å². The Bertz CT molecular complexity index is 485. The summed E-state index contributed by atoms with van der Waals surface area (Å²) in [5, 5.41) is 0. The lowest BCUT2D eigenvalue weighted by atomic mass is 10.1. The molecule has 2 aliphatic heterocycles. The maximum absolute atomic E-state index is 11.0. The van der Waals surface area contributed by atoms with Gasteiger partial charge in [0.05, 0.1) is 0 Å². The van der Waals surface area contributed by atoms with Crippen LogP contribution in [0.15, 0.2) is 23.8 Å². The van der Waals surface area contributed by atoms with Crippen molar-refractivity contribution in [3.63, 3.8) is 0 Å². The summed E-state index contributed by atoms with van der Waals surface area (Å²) in [6.07, 6.45) is 11.3. The normalized spacial score (nSPS) is 16.1. The molecule has 0 aromatic rings. The van der Waals surface area contributed by atoms with E-state index in [4.69, 9.17) is 0 Å². The van der Waals surface area contributed by atoms with Crippen LogP contribution in [-0.4, -0.2) is 23.9 Å². The Morgan fingerprint density at radius 1 is 0.773 bits per heavy atom. The van der Waals surface area contributed by atoms with E-state index in [9.17, 15) is 19.2 Å². The molecule has 0 bridgehead atoms. The molecule has 0 saturated heterocycles. The number of esters is 4. The molecule has 0 fully saturated rings. The highest BCUT2D eigenvalue weighted by Gasteiger charge is 2.22.